The van der Waals surface area contributed by atoms with Crippen molar-refractivity contribution in [1.82, 2.24) is 9.29 Å². The van der Waals surface area contributed by atoms with Crippen LogP contribution in [0.1, 0.15) is 17.7 Å². The van der Waals surface area contributed by atoms with E-state index in [2.05, 4.69) is 10.3 Å². The summed E-state index contributed by atoms with van der Waals surface area (Å²) in [7, 11) is -3.04. The molecule has 0 bridgehead atoms. The Bertz CT molecular complexity index is 607. The van der Waals surface area contributed by atoms with Gasteiger partial charge in [-0.1, -0.05) is 6.07 Å². The van der Waals surface area contributed by atoms with Crippen molar-refractivity contribution in [3.8, 4) is 6.07 Å². The first-order chi connectivity index (χ1) is 9.03. The highest BCUT2D eigenvalue weighted by Gasteiger charge is 2.27. The minimum atomic E-state index is -3.04. The van der Waals surface area contributed by atoms with Gasteiger partial charge in [-0.05, 0) is 25.0 Å². The monoisotopic (exact) mass is 280 g/mol. The maximum absolute atomic E-state index is 11.6. The fraction of sp³-hybridized carbons (Fsp3) is 0.500. The fourth-order valence-corrected chi connectivity index (χ4v) is 3.52. The zero-order chi connectivity index (χ0) is 13.9. The summed E-state index contributed by atoms with van der Waals surface area (Å²) in [6.07, 6.45) is 0.698. The molecule has 1 fully saturated rings. The summed E-state index contributed by atoms with van der Waals surface area (Å²) in [6.45, 7) is 3.33. The van der Waals surface area contributed by atoms with E-state index in [1.807, 2.05) is 19.1 Å². The lowest BCUT2D eigenvalue weighted by molar-refractivity contribution is 0.456. The molecule has 1 saturated heterocycles. The number of nitriles is 1. The van der Waals surface area contributed by atoms with E-state index >= 15 is 0 Å². The van der Waals surface area contributed by atoms with Crippen molar-refractivity contribution in [2.45, 2.75) is 13.3 Å². The Morgan fingerprint density at radius 1 is 1.53 bits per heavy atom. The molecule has 0 aromatic carbocycles. The first-order valence-electron chi connectivity index (χ1n) is 6.12. The Balaban J connectivity index is 1.92. The molecule has 1 aromatic heterocycles. The lowest BCUT2D eigenvalue weighted by Crippen LogP contribution is -2.30. The smallest absolute Gasteiger partial charge is 0.214 e. The normalized spacial score (nSPS) is 18.1. The van der Waals surface area contributed by atoms with Crippen LogP contribution >= 0.6 is 0 Å². The summed E-state index contributed by atoms with van der Waals surface area (Å²) < 4.78 is 24.7. The molecule has 0 radical (unpaired) electrons. The molecule has 0 spiro atoms. The zero-order valence-corrected chi connectivity index (χ0v) is 11.6. The van der Waals surface area contributed by atoms with Gasteiger partial charge in [-0.3, -0.25) is 0 Å². The van der Waals surface area contributed by atoms with Crippen molar-refractivity contribution in [3.63, 3.8) is 0 Å². The Kier molecular flexibility index (Phi) is 4.02. The Hall–Kier alpha value is -1.65. The van der Waals surface area contributed by atoms with Gasteiger partial charge in [0.15, 0.2) is 0 Å². The van der Waals surface area contributed by atoms with E-state index in [4.69, 9.17) is 5.26 Å². The van der Waals surface area contributed by atoms with Gasteiger partial charge in [-0.15, -0.1) is 0 Å². The van der Waals surface area contributed by atoms with E-state index in [9.17, 15) is 8.42 Å². The average Bonchev–Trinajstić information content (AvgIpc) is 2.71. The van der Waals surface area contributed by atoms with Crippen molar-refractivity contribution in [2.24, 2.45) is 0 Å². The molecular weight excluding hydrogens is 264 g/mol. The second kappa shape index (κ2) is 5.55. The van der Waals surface area contributed by atoms with Gasteiger partial charge in [0.05, 0.1) is 5.75 Å². The van der Waals surface area contributed by atoms with E-state index in [0.29, 0.717) is 37.6 Å². The van der Waals surface area contributed by atoms with E-state index < -0.39 is 10.0 Å². The number of rotatable bonds is 4. The maximum atomic E-state index is 11.6. The summed E-state index contributed by atoms with van der Waals surface area (Å²) in [5, 5.41) is 11.9. The Morgan fingerprint density at radius 2 is 2.32 bits per heavy atom. The zero-order valence-electron chi connectivity index (χ0n) is 10.8. The standard InChI is InChI=1S/C12H16N4O2S/c1-10-3-4-12(15-11(10)9-13)14-5-7-16-6-2-8-19(16,17)18/h3-4H,2,5-8H2,1H3,(H,14,15). The molecule has 0 aliphatic carbocycles. The molecule has 1 aromatic rings. The van der Waals surface area contributed by atoms with E-state index in [0.717, 1.165) is 5.56 Å². The Morgan fingerprint density at radius 3 is 2.95 bits per heavy atom. The van der Waals surface area contributed by atoms with E-state index in [1.165, 1.54) is 4.31 Å². The summed E-state index contributed by atoms with van der Waals surface area (Å²) in [4.78, 5) is 4.15. The summed E-state index contributed by atoms with van der Waals surface area (Å²) in [6, 6.07) is 5.63. The number of pyridine rings is 1. The lowest BCUT2D eigenvalue weighted by atomic mass is 10.2. The summed E-state index contributed by atoms with van der Waals surface area (Å²) >= 11 is 0. The van der Waals surface area contributed by atoms with Gasteiger partial charge < -0.3 is 5.32 Å². The predicted octanol–water partition coefficient (Wildman–Crippen LogP) is 0.709. The second-order valence-corrected chi connectivity index (χ2v) is 6.56. The third-order valence-corrected chi connectivity index (χ3v) is 5.03. The lowest BCUT2D eigenvalue weighted by Gasteiger charge is -2.14. The van der Waals surface area contributed by atoms with Gasteiger partial charge in [0, 0.05) is 19.6 Å². The van der Waals surface area contributed by atoms with Crippen LogP contribution in [0.4, 0.5) is 5.82 Å². The molecule has 0 unspecified atom stereocenters. The fourth-order valence-electron chi connectivity index (χ4n) is 1.99. The minimum Gasteiger partial charge on any atom is -0.369 e. The van der Waals surface area contributed by atoms with Crippen LogP contribution in [-0.2, 0) is 10.0 Å². The van der Waals surface area contributed by atoms with E-state index in [-0.39, 0.29) is 5.75 Å². The van der Waals surface area contributed by atoms with Gasteiger partial charge in [0.1, 0.15) is 17.6 Å². The highest BCUT2D eigenvalue weighted by molar-refractivity contribution is 7.89. The Labute approximate surface area is 113 Å². The quantitative estimate of drug-likeness (QED) is 0.877. The molecule has 7 heteroatoms. The van der Waals surface area contributed by atoms with Crippen molar-refractivity contribution in [1.29, 1.82) is 5.26 Å². The van der Waals surface area contributed by atoms with Crippen LogP contribution in [0.15, 0.2) is 12.1 Å². The number of aromatic nitrogens is 1. The van der Waals surface area contributed by atoms with Crippen LogP contribution in [0.3, 0.4) is 0 Å². The van der Waals surface area contributed by atoms with Crippen molar-refractivity contribution in [3.05, 3.63) is 23.4 Å². The van der Waals surface area contributed by atoms with Crippen LogP contribution in [0.25, 0.3) is 0 Å². The molecule has 1 N–H and O–H groups in total. The second-order valence-electron chi connectivity index (χ2n) is 4.47. The van der Waals surface area contributed by atoms with Gasteiger partial charge in [-0.2, -0.15) is 5.26 Å². The van der Waals surface area contributed by atoms with Crippen LogP contribution < -0.4 is 5.32 Å². The van der Waals surface area contributed by atoms with Crippen molar-refractivity contribution >= 4 is 15.8 Å². The third kappa shape index (κ3) is 3.22. The molecule has 2 rings (SSSR count). The van der Waals surface area contributed by atoms with Crippen LogP contribution in [-0.4, -0.2) is 43.1 Å². The minimum absolute atomic E-state index is 0.244. The third-order valence-electron chi connectivity index (χ3n) is 3.07. The first kappa shape index (κ1) is 13.8. The topological polar surface area (TPSA) is 86.1 Å². The van der Waals surface area contributed by atoms with Crippen LogP contribution in [0.5, 0.6) is 0 Å². The molecular formula is C12H16N4O2S. The number of aryl methyl sites for hydroxylation is 1. The van der Waals surface area contributed by atoms with Gasteiger partial charge in [0.2, 0.25) is 10.0 Å². The molecule has 0 atom stereocenters. The van der Waals surface area contributed by atoms with Gasteiger partial charge in [0.25, 0.3) is 0 Å². The number of nitrogens with one attached hydrogen (secondary N) is 1. The van der Waals surface area contributed by atoms with Gasteiger partial charge in [-0.25, -0.2) is 17.7 Å². The molecule has 0 saturated carbocycles. The molecule has 102 valence electrons. The van der Waals surface area contributed by atoms with Crippen LogP contribution in [0.2, 0.25) is 0 Å². The van der Waals surface area contributed by atoms with Crippen LogP contribution in [0, 0.1) is 18.3 Å². The average molecular weight is 280 g/mol. The molecule has 19 heavy (non-hydrogen) atoms. The molecule has 1 aliphatic rings. The maximum Gasteiger partial charge on any atom is 0.214 e. The summed E-state index contributed by atoms with van der Waals surface area (Å²) in [5.41, 5.74) is 1.22. The first-order valence-corrected chi connectivity index (χ1v) is 7.73. The molecule has 6 nitrogen and oxygen atoms in total. The molecule has 1 aliphatic heterocycles. The molecule has 0 amide bonds. The largest absolute Gasteiger partial charge is 0.369 e. The highest BCUT2D eigenvalue weighted by atomic mass is 32.2. The van der Waals surface area contributed by atoms with E-state index in [1.54, 1.807) is 6.07 Å². The van der Waals surface area contributed by atoms with Crippen molar-refractivity contribution < 1.29 is 8.42 Å². The number of hydrogen-bond donors (Lipinski definition) is 1. The number of sulfonamides is 1. The predicted molar refractivity (Wildman–Crippen MR) is 72.2 cm³/mol. The molecule has 2 heterocycles. The van der Waals surface area contributed by atoms with Gasteiger partial charge >= 0.3 is 0 Å². The summed E-state index contributed by atoms with van der Waals surface area (Å²) in [5.74, 6) is 0.840. The number of nitrogens with zero attached hydrogens (tertiary/aromatic N) is 3. The SMILES string of the molecule is Cc1ccc(NCCN2CCCS2(=O)=O)nc1C#N. The van der Waals surface area contributed by atoms with Crippen molar-refractivity contribution in [2.75, 3.05) is 30.7 Å². The number of anilines is 1. The highest BCUT2D eigenvalue weighted by Crippen LogP contribution is 2.13. The number of hydrogen-bond acceptors (Lipinski definition) is 5.